The van der Waals surface area contributed by atoms with E-state index in [1.807, 2.05) is 32.0 Å². The third-order valence-corrected chi connectivity index (χ3v) is 5.51. The molecule has 5 rings (SSSR count). The minimum atomic E-state index is -0.297. The van der Waals surface area contributed by atoms with Crippen molar-refractivity contribution < 1.29 is 14.1 Å². The monoisotopic (exact) mass is 508 g/mol. The minimum absolute atomic E-state index is 0.284. The second-order valence-corrected chi connectivity index (χ2v) is 8.42. The lowest BCUT2D eigenvalue weighted by Gasteiger charge is -2.08. The van der Waals surface area contributed by atoms with Gasteiger partial charge in [0.1, 0.15) is 17.3 Å². The van der Waals surface area contributed by atoms with Gasteiger partial charge in [0.05, 0.1) is 12.8 Å². The number of ether oxygens (including phenoxy) is 1. The van der Waals surface area contributed by atoms with Crippen LogP contribution < -0.4 is 15.4 Å². The largest absolute Gasteiger partial charge is 0.481 e. The van der Waals surface area contributed by atoms with Gasteiger partial charge in [0.2, 0.25) is 5.88 Å². The van der Waals surface area contributed by atoms with Crippen LogP contribution in [0, 0.1) is 13.8 Å². The van der Waals surface area contributed by atoms with Gasteiger partial charge >= 0.3 is 0 Å². The number of nitrogens with one attached hydrogen (secondary N) is 2. The highest BCUT2D eigenvalue weighted by atomic mass is 16.5. The Kier molecular flexibility index (Phi) is 6.98. The Balaban J connectivity index is 1.21. The Labute approximate surface area is 218 Å². The van der Waals surface area contributed by atoms with E-state index < -0.39 is 0 Å². The van der Waals surface area contributed by atoms with Crippen molar-refractivity contribution in [3.63, 3.8) is 0 Å². The van der Waals surface area contributed by atoms with Gasteiger partial charge in [0, 0.05) is 60.2 Å². The number of anilines is 2. The molecular weight excluding hydrogens is 484 g/mol. The first-order valence-electron chi connectivity index (χ1n) is 11.7. The summed E-state index contributed by atoms with van der Waals surface area (Å²) in [6.07, 6.45) is 5.00. The summed E-state index contributed by atoms with van der Waals surface area (Å²) < 4.78 is 10.2. The number of aromatic nitrogens is 6. The molecule has 0 saturated heterocycles. The first-order valence-corrected chi connectivity index (χ1v) is 11.7. The summed E-state index contributed by atoms with van der Waals surface area (Å²) >= 11 is 0. The maximum Gasteiger partial charge on any atom is 0.270 e. The molecule has 190 valence electrons. The number of rotatable bonds is 8. The van der Waals surface area contributed by atoms with Gasteiger partial charge in [-0.05, 0) is 43.7 Å². The maximum atomic E-state index is 12.7. The lowest BCUT2D eigenvalue weighted by Crippen LogP contribution is -2.23. The Hall–Kier alpha value is -5.19. The van der Waals surface area contributed by atoms with Gasteiger partial charge in [0.15, 0.2) is 11.6 Å². The Morgan fingerprint density at radius 2 is 1.74 bits per heavy atom. The molecule has 0 saturated carbocycles. The molecule has 0 aromatic carbocycles. The van der Waals surface area contributed by atoms with Crippen LogP contribution in [0.4, 0.5) is 11.6 Å². The molecule has 38 heavy (non-hydrogen) atoms. The van der Waals surface area contributed by atoms with Crippen molar-refractivity contribution in [2.75, 3.05) is 12.4 Å². The van der Waals surface area contributed by atoms with Crippen LogP contribution in [0.5, 0.6) is 5.88 Å². The summed E-state index contributed by atoms with van der Waals surface area (Å²) in [5.41, 5.74) is 4.24. The zero-order chi connectivity index (χ0) is 26.5. The second kappa shape index (κ2) is 10.8. The number of pyridine rings is 3. The van der Waals surface area contributed by atoms with Gasteiger partial charge in [-0.2, -0.15) is 0 Å². The van der Waals surface area contributed by atoms with E-state index >= 15 is 0 Å². The molecular formula is C27H24N8O3. The van der Waals surface area contributed by atoms with Gasteiger partial charge < -0.3 is 19.9 Å². The molecule has 5 aromatic rings. The van der Waals surface area contributed by atoms with Crippen molar-refractivity contribution in [2.45, 2.75) is 20.4 Å². The standard InChI is InChI=1S/C27H24N8O3/c1-16-10-23(33-24-11-17(2)38-35-24)34-26(32-16)20-5-8-22(29-15-20)27(36)31-13-18-4-7-21(28-12-18)19-6-9-25(37-3)30-14-19/h4-12,14-15H,13H2,1-3H3,(H,31,36)(H,32,33,34,35). The van der Waals surface area contributed by atoms with Crippen LogP contribution in [0.15, 0.2) is 71.6 Å². The van der Waals surface area contributed by atoms with Gasteiger partial charge in [-0.1, -0.05) is 11.2 Å². The average Bonchev–Trinajstić information content (AvgIpc) is 3.36. The summed E-state index contributed by atoms with van der Waals surface area (Å²) in [5, 5.41) is 9.89. The number of hydrogen-bond donors (Lipinski definition) is 2. The molecule has 0 bridgehead atoms. The molecule has 0 aliphatic carbocycles. The van der Waals surface area contributed by atoms with Crippen LogP contribution >= 0.6 is 0 Å². The van der Waals surface area contributed by atoms with E-state index in [1.54, 1.807) is 56.0 Å². The van der Waals surface area contributed by atoms with E-state index in [0.717, 1.165) is 22.5 Å². The quantitative estimate of drug-likeness (QED) is 0.312. The second-order valence-electron chi connectivity index (χ2n) is 8.42. The zero-order valence-corrected chi connectivity index (χ0v) is 21.0. The fraction of sp³-hybridized carbons (Fsp3) is 0.148. The van der Waals surface area contributed by atoms with Gasteiger partial charge in [-0.15, -0.1) is 0 Å². The molecule has 0 spiro atoms. The number of hydrogen-bond acceptors (Lipinski definition) is 10. The van der Waals surface area contributed by atoms with Crippen LogP contribution in [0.1, 0.15) is 27.5 Å². The fourth-order valence-electron chi connectivity index (χ4n) is 3.60. The Morgan fingerprint density at radius 3 is 2.39 bits per heavy atom. The first kappa shape index (κ1) is 24.5. The third kappa shape index (κ3) is 5.78. The minimum Gasteiger partial charge on any atom is -0.481 e. The molecule has 0 radical (unpaired) electrons. The van der Waals surface area contributed by atoms with Crippen LogP contribution in [0.3, 0.4) is 0 Å². The number of amides is 1. The highest BCUT2D eigenvalue weighted by Gasteiger charge is 2.11. The number of aryl methyl sites for hydroxylation is 2. The van der Waals surface area contributed by atoms with E-state index in [-0.39, 0.29) is 11.6 Å². The lowest BCUT2D eigenvalue weighted by atomic mass is 10.1. The Bertz CT molecular complexity index is 1550. The van der Waals surface area contributed by atoms with Crippen molar-refractivity contribution in [1.82, 2.24) is 35.4 Å². The molecule has 0 fully saturated rings. The average molecular weight is 509 g/mol. The molecule has 0 unspecified atom stereocenters. The topological polar surface area (TPSA) is 141 Å². The predicted octanol–water partition coefficient (Wildman–Crippen LogP) is 4.28. The normalized spacial score (nSPS) is 10.7. The molecule has 11 nitrogen and oxygen atoms in total. The first-order chi connectivity index (χ1) is 18.5. The lowest BCUT2D eigenvalue weighted by molar-refractivity contribution is 0.0946. The van der Waals surface area contributed by atoms with Gasteiger partial charge in [-0.25, -0.2) is 15.0 Å². The summed E-state index contributed by atoms with van der Waals surface area (Å²) in [4.78, 5) is 34.7. The van der Waals surface area contributed by atoms with E-state index in [4.69, 9.17) is 9.26 Å². The Morgan fingerprint density at radius 1 is 0.895 bits per heavy atom. The molecule has 5 heterocycles. The summed E-state index contributed by atoms with van der Waals surface area (Å²) in [6, 6.07) is 14.4. The number of methoxy groups -OCH3 is 1. The molecule has 11 heteroatoms. The summed E-state index contributed by atoms with van der Waals surface area (Å²) in [6.45, 7) is 4.00. The van der Waals surface area contributed by atoms with Crippen LogP contribution in [0.2, 0.25) is 0 Å². The fourth-order valence-corrected chi connectivity index (χ4v) is 3.60. The zero-order valence-electron chi connectivity index (χ0n) is 21.0. The molecule has 1 amide bonds. The molecule has 0 aliphatic rings. The van der Waals surface area contributed by atoms with Crippen molar-refractivity contribution in [2.24, 2.45) is 0 Å². The van der Waals surface area contributed by atoms with Crippen LogP contribution in [-0.2, 0) is 6.54 Å². The summed E-state index contributed by atoms with van der Waals surface area (Å²) in [5.74, 6) is 2.54. The highest BCUT2D eigenvalue weighted by molar-refractivity contribution is 5.92. The SMILES string of the molecule is COc1ccc(-c2ccc(CNC(=O)c3ccc(-c4nc(C)cc(Nc5cc(C)on5)n4)cn3)cn2)cn1. The van der Waals surface area contributed by atoms with Crippen LogP contribution in [0.25, 0.3) is 22.6 Å². The maximum absolute atomic E-state index is 12.7. The van der Waals surface area contributed by atoms with E-state index in [2.05, 4.69) is 40.7 Å². The molecule has 2 N–H and O–H groups in total. The molecule has 0 atom stereocenters. The van der Waals surface area contributed by atoms with E-state index in [0.29, 0.717) is 41.2 Å². The van der Waals surface area contributed by atoms with E-state index in [9.17, 15) is 4.79 Å². The van der Waals surface area contributed by atoms with Gasteiger partial charge in [-0.3, -0.25) is 14.8 Å². The third-order valence-electron chi connectivity index (χ3n) is 5.51. The number of nitrogens with zero attached hydrogens (tertiary/aromatic N) is 6. The van der Waals surface area contributed by atoms with Crippen molar-refractivity contribution >= 4 is 17.5 Å². The number of carbonyl (C=O) groups excluding carboxylic acids is 1. The van der Waals surface area contributed by atoms with Crippen molar-refractivity contribution in [3.8, 4) is 28.5 Å². The van der Waals surface area contributed by atoms with Gasteiger partial charge in [0.25, 0.3) is 5.91 Å². The smallest absolute Gasteiger partial charge is 0.270 e. The van der Waals surface area contributed by atoms with Crippen molar-refractivity contribution in [1.29, 1.82) is 0 Å². The number of carbonyl (C=O) groups is 1. The molecule has 5 aromatic heterocycles. The van der Waals surface area contributed by atoms with Crippen LogP contribution in [-0.4, -0.2) is 43.1 Å². The highest BCUT2D eigenvalue weighted by Crippen LogP contribution is 2.21. The van der Waals surface area contributed by atoms with E-state index in [1.165, 1.54) is 0 Å². The van der Waals surface area contributed by atoms with Crippen molar-refractivity contribution in [3.05, 3.63) is 89.8 Å². The summed E-state index contributed by atoms with van der Waals surface area (Å²) in [7, 11) is 1.57. The molecule has 0 aliphatic heterocycles. The predicted molar refractivity (Wildman–Crippen MR) is 140 cm³/mol.